The first-order valence-corrected chi connectivity index (χ1v) is 5.63. The zero-order valence-corrected chi connectivity index (χ0v) is 9.00. The van der Waals surface area contributed by atoms with Gasteiger partial charge in [0.2, 0.25) is 0 Å². The smallest absolute Gasteiger partial charge is 0.0253 e. The van der Waals surface area contributed by atoms with Gasteiger partial charge < -0.3 is 0 Å². The van der Waals surface area contributed by atoms with Crippen LogP contribution in [0.4, 0.5) is 0 Å². The van der Waals surface area contributed by atoms with E-state index in [0.717, 1.165) is 0 Å². The van der Waals surface area contributed by atoms with E-state index < -0.39 is 0 Å². The molecular formula is C10H20S. The Bertz CT molecular complexity index is 116. The van der Waals surface area contributed by atoms with Crippen LogP contribution in [0.3, 0.4) is 0 Å². The van der Waals surface area contributed by atoms with Gasteiger partial charge in [-0.1, -0.05) is 39.3 Å². The lowest BCUT2D eigenvalue weighted by Gasteiger charge is -2.19. The highest BCUT2D eigenvalue weighted by Gasteiger charge is 2.12. The largest absolute Gasteiger partial charge is 0.158 e. The standard InChI is InChI=1S/C10H20S/c1-6-7-10(11-5)9(4)8(2)3/h8,10H,4,6-7H2,1-3,5H3. The van der Waals surface area contributed by atoms with Crippen LogP contribution in [0.1, 0.15) is 33.6 Å². The third-order valence-electron chi connectivity index (χ3n) is 1.99. The summed E-state index contributed by atoms with van der Waals surface area (Å²) >= 11 is 1.93. The van der Waals surface area contributed by atoms with E-state index in [2.05, 4.69) is 33.6 Å². The van der Waals surface area contributed by atoms with Gasteiger partial charge in [0.25, 0.3) is 0 Å². The van der Waals surface area contributed by atoms with Gasteiger partial charge in [-0.25, -0.2) is 0 Å². The lowest BCUT2D eigenvalue weighted by Crippen LogP contribution is -2.09. The minimum Gasteiger partial charge on any atom is -0.158 e. The molecule has 0 rings (SSSR count). The van der Waals surface area contributed by atoms with Crippen LogP contribution in [0.5, 0.6) is 0 Å². The second kappa shape index (κ2) is 5.70. The van der Waals surface area contributed by atoms with Crippen LogP contribution in [0, 0.1) is 5.92 Å². The maximum atomic E-state index is 4.12. The van der Waals surface area contributed by atoms with Crippen molar-refractivity contribution in [2.45, 2.75) is 38.9 Å². The summed E-state index contributed by atoms with van der Waals surface area (Å²) in [5, 5.41) is 0.681. The van der Waals surface area contributed by atoms with Crippen molar-refractivity contribution < 1.29 is 0 Å². The molecule has 11 heavy (non-hydrogen) atoms. The Hall–Kier alpha value is 0.0900. The van der Waals surface area contributed by atoms with E-state index in [1.165, 1.54) is 18.4 Å². The Morgan fingerprint density at radius 3 is 2.27 bits per heavy atom. The molecule has 1 unspecified atom stereocenters. The van der Waals surface area contributed by atoms with Crippen LogP contribution in [-0.2, 0) is 0 Å². The second-order valence-electron chi connectivity index (χ2n) is 3.24. The molecule has 0 aliphatic heterocycles. The first-order valence-electron chi connectivity index (χ1n) is 4.34. The Kier molecular flexibility index (Phi) is 5.75. The topological polar surface area (TPSA) is 0 Å². The molecule has 1 atom stereocenters. The Labute approximate surface area is 75.5 Å². The Morgan fingerprint density at radius 2 is 2.00 bits per heavy atom. The van der Waals surface area contributed by atoms with Crippen LogP contribution in [-0.4, -0.2) is 11.5 Å². The molecule has 0 saturated heterocycles. The maximum absolute atomic E-state index is 4.12. The summed E-state index contributed by atoms with van der Waals surface area (Å²) < 4.78 is 0. The van der Waals surface area contributed by atoms with Crippen molar-refractivity contribution in [1.82, 2.24) is 0 Å². The van der Waals surface area contributed by atoms with E-state index in [9.17, 15) is 0 Å². The maximum Gasteiger partial charge on any atom is 0.0253 e. The molecular weight excluding hydrogens is 152 g/mol. The summed E-state index contributed by atoms with van der Waals surface area (Å²) in [6.07, 6.45) is 4.71. The van der Waals surface area contributed by atoms with Crippen LogP contribution < -0.4 is 0 Å². The normalized spacial score (nSPS) is 13.5. The molecule has 0 heterocycles. The second-order valence-corrected chi connectivity index (χ2v) is 4.28. The van der Waals surface area contributed by atoms with E-state index in [-0.39, 0.29) is 0 Å². The van der Waals surface area contributed by atoms with Gasteiger partial charge in [-0.2, -0.15) is 11.8 Å². The van der Waals surface area contributed by atoms with Gasteiger partial charge >= 0.3 is 0 Å². The van der Waals surface area contributed by atoms with Crippen molar-refractivity contribution in [3.05, 3.63) is 12.2 Å². The average Bonchev–Trinajstić information content (AvgIpc) is 1.98. The van der Waals surface area contributed by atoms with Gasteiger partial charge in [0.05, 0.1) is 0 Å². The van der Waals surface area contributed by atoms with Crippen molar-refractivity contribution >= 4 is 11.8 Å². The predicted octanol–water partition coefficient (Wildman–Crippen LogP) is 3.73. The molecule has 1 heteroatoms. The summed E-state index contributed by atoms with van der Waals surface area (Å²) in [6.45, 7) is 10.8. The molecule has 0 N–H and O–H groups in total. The van der Waals surface area contributed by atoms with Gasteiger partial charge in [-0.3, -0.25) is 0 Å². The average molecular weight is 172 g/mol. The third-order valence-corrected chi connectivity index (χ3v) is 3.10. The molecule has 0 fully saturated rings. The van der Waals surface area contributed by atoms with E-state index in [1.807, 2.05) is 11.8 Å². The van der Waals surface area contributed by atoms with Crippen molar-refractivity contribution in [2.24, 2.45) is 5.92 Å². The van der Waals surface area contributed by atoms with E-state index >= 15 is 0 Å². The van der Waals surface area contributed by atoms with Gasteiger partial charge in [0.1, 0.15) is 0 Å². The monoisotopic (exact) mass is 172 g/mol. The summed E-state index contributed by atoms with van der Waals surface area (Å²) in [5.74, 6) is 0.638. The Morgan fingerprint density at radius 1 is 1.45 bits per heavy atom. The minimum atomic E-state index is 0.638. The summed E-state index contributed by atoms with van der Waals surface area (Å²) in [4.78, 5) is 0. The molecule has 0 aliphatic carbocycles. The van der Waals surface area contributed by atoms with Gasteiger partial charge in [-0.05, 0) is 18.6 Å². The molecule has 0 spiro atoms. The van der Waals surface area contributed by atoms with Crippen LogP contribution in [0.15, 0.2) is 12.2 Å². The summed E-state index contributed by atoms with van der Waals surface area (Å²) in [7, 11) is 0. The zero-order valence-electron chi connectivity index (χ0n) is 8.18. The molecule has 0 nitrogen and oxygen atoms in total. The van der Waals surface area contributed by atoms with E-state index in [1.54, 1.807) is 0 Å². The van der Waals surface area contributed by atoms with Crippen molar-refractivity contribution in [2.75, 3.05) is 6.26 Å². The fraction of sp³-hybridized carbons (Fsp3) is 0.800. The molecule has 0 amide bonds. The number of thioether (sulfide) groups is 1. The molecule has 0 bridgehead atoms. The van der Waals surface area contributed by atoms with Crippen LogP contribution in [0.25, 0.3) is 0 Å². The molecule has 0 aliphatic rings. The van der Waals surface area contributed by atoms with Crippen molar-refractivity contribution in [3.63, 3.8) is 0 Å². The predicted molar refractivity (Wildman–Crippen MR) is 56.2 cm³/mol. The molecule has 0 saturated carbocycles. The first kappa shape index (κ1) is 11.1. The summed E-state index contributed by atoms with van der Waals surface area (Å²) in [5.41, 5.74) is 1.40. The minimum absolute atomic E-state index is 0.638. The van der Waals surface area contributed by atoms with Gasteiger partial charge in [0, 0.05) is 5.25 Å². The lowest BCUT2D eigenvalue weighted by atomic mass is 9.99. The molecule has 66 valence electrons. The first-order chi connectivity index (χ1) is 5.13. The Balaban J connectivity index is 3.92. The highest BCUT2D eigenvalue weighted by atomic mass is 32.2. The van der Waals surface area contributed by atoms with Crippen LogP contribution >= 0.6 is 11.8 Å². The fourth-order valence-corrected chi connectivity index (χ4v) is 2.13. The number of rotatable bonds is 5. The van der Waals surface area contributed by atoms with E-state index in [4.69, 9.17) is 0 Å². The number of hydrogen-bond acceptors (Lipinski definition) is 1. The quantitative estimate of drug-likeness (QED) is 0.569. The summed E-state index contributed by atoms with van der Waals surface area (Å²) in [6, 6.07) is 0. The zero-order chi connectivity index (χ0) is 8.85. The highest BCUT2D eigenvalue weighted by molar-refractivity contribution is 7.99. The van der Waals surface area contributed by atoms with Crippen molar-refractivity contribution in [3.8, 4) is 0 Å². The SMILES string of the molecule is C=C(C(C)C)C(CCC)SC. The highest BCUT2D eigenvalue weighted by Crippen LogP contribution is 2.25. The molecule has 0 aromatic heterocycles. The van der Waals surface area contributed by atoms with Gasteiger partial charge in [-0.15, -0.1) is 0 Å². The fourth-order valence-electron chi connectivity index (χ4n) is 1.09. The van der Waals surface area contributed by atoms with Gasteiger partial charge in [0.15, 0.2) is 0 Å². The third kappa shape index (κ3) is 3.85. The molecule has 0 radical (unpaired) electrons. The van der Waals surface area contributed by atoms with E-state index in [0.29, 0.717) is 11.2 Å². The number of hydrogen-bond donors (Lipinski definition) is 0. The lowest BCUT2D eigenvalue weighted by molar-refractivity contribution is 0.688. The van der Waals surface area contributed by atoms with Crippen molar-refractivity contribution in [1.29, 1.82) is 0 Å². The molecule has 0 aromatic carbocycles. The molecule has 0 aromatic rings. The van der Waals surface area contributed by atoms with Crippen LogP contribution in [0.2, 0.25) is 0 Å².